The predicted molar refractivity (Wildman–Crippen MR) is 86.4 cm³/mol. The van der Waals surface area contributed by atoms with Crippen LogP contribution in [0.3, 0.4) is 0 Å². The second-order valence-corrected chi connectivity index (χ2v) is 5.76. The van der Waals surface area contributed by atoms with Gasteiger partial charge in [-0.2, -0.15) is 0 Å². The van der Waals surface area contributed by atoms with E-state index >= 15 is 0 Å². The number of piperidine rings is 1. The Balaban J connectivity index is 1.81. The number of aromatic nitrogens is 1. The van der Waals surface area contributed by atoms with Crippen molar-refractivity contribution in [1.82, 2.24) is 9.88 Å². The molecule has 0 radical (unpaired) electrons. The summed E-state index contributed by atoms with van der Waals surface area (Å²) < 4.78 is 0. The molecule has 4 nitrogen and oxygen atoms in total. The maximum Gasteiger partial charge on any atom is 0.127 e. The quantitative estimate of drug-likeness (QED) is 0.802. The molecule has 0 aliphatic carbocycles. The van der Waals surface area contributed by atoms with E-state index in [1.54, 1.807) is 0 Å². The van der Waals surface area contributed by atoms with E-state index in [0.717, 1.165) is 31.0 Å². The highest BCUT2D eigenvalue weighted by Crippen LogP contribution is 2.14. The molecule has 1 aliphatic rings. The summed E-state index contributed by atoms with van der Waals surface area (Å²) >= 11 is 0. The summed E-state index contributed by atoms with van der Waals surface area (Å²) in [6.07, 6.45) is 7.09. The number of pyridine rings is 1. The number of nitrogens with zero attached hydrogens (tertiary/aromatic N) is 2. The lowest BCUT2D eigenvalue weighted by atomic mass is 10.1. The summed E-state index contributed by atoms with van der Waals surface area (Å²) in [6.45, 7) is 9.03. The average Bonchev–Trinajstić information content (AvgIpc) is 2.46. The minimum Gasteiger partial charge on any atom is -0.381 e. The van der Waals surface area contributed by atoms with E-state index in [4.69, 9.17) is 0 Å². The maximum absolute atomic E-state index is 4.34. The first kappa shape index (κ1) is 15.1. The zero-order chi connectivity index (χ0) is 14.2. The molecule has 1 atom stereocenters. The number of likely N-dealkylation sites (tertiary alicyclic amines) is 1. The molecule has 1 saturated heterocycles. The lowest BCUT2D eigenvalue weighted by Gasteiger charge is -2.29. The molecule has 1 aromatic heterocycles. The molecule has 1 unspecified atom stereocenters. The molecule has 0 bridgehead atoms. The van der Waals surface area contributed by atoms with Crippen molar-refractivity contribution in [3.8, 4) is 0 Å². The van der Waals surface area contributed by atoms with Crippen molar-refractivity contribution in [1.29, 1.82) is 0 Å². The Morgan fingerprint density at radius 3 is 2.85 bits per heavy atom. The van der Waals surface area contributed by atoms with E-state index in [0.29, 0.717) is 6.04 Å². The summed E-state index contributed by atoms with van der Waals surface area (Å²) in [5.74, 6) is 0.960. The topological polar surface area (TPSA) is 40.2 Å². The molecule has 20 heavy (non-hydrogen) atoms. The number of anilines is 2. The van der Waals surface area contributed by atoms with Crippen LogP contribution in [0, 0.1) is 0 Å². The van der Waals surface area contributed by atoms with E-state index < -0.39 is 0 Å². The minimum absolute atomic E-state index is 0.467. The fourth-order valence-corrected chi connectivity index (χ4v) is 2.73. The lowest BCUT2D eigenvalue weighted by Crippen LogP contribution is -2.38. The standard InChI is InChI=1S/C16H28N4/c1-3-8-17-16-12-15(7-9-18-16)19-14(2)13-20-10-5-4-6-11-20/h7,9,12,14H,3-6,8,10-11,13H2,1-2H3,(H2,17,18,19). The van der Waals surface area contributed by atoms with Crippen LogP contribution in [0.25, 0.3) is 0 Å². The first-order valence-corrected chi connectivity index (χ1v) is 7.96. The predicted octanol–water partition coefficient (Wildman–Crippen LogP) is 3.19. The fraction of sp³-hybridized carbons (Fsp3) is 0.688. The zero-order valence-corrected chi connectivity index (χ0v) is 12.9. The van der Waals surface area contributed by atoms with Gasteiger partial charge in [-0.3, -0.25) is 0 Å². The summed E-state index contributed by atoms with van der Waals surface area (Å²) in [5, 5.41) is 6.91. The molecule has 0 aromatic carbocycles. The molecule has 0 saturated carbocycles. The first-order chi connectivity index (χ1) is 9.78. The van der Waals surface area contributed by atoms with Gasteiger partial charge in [0.1, 0.15) is 5.82 Å². The van der Waals surface area contributed by atoms with E-state index in [-0.39, 0.29) is 0 Å². The molecule has 112 valence electrons. The Kier molecular flexibility index (Phi) is 6.12. The van der Waals surface area contributed by atoms with Crippen molar-refractivity contribution in [2.45, 2.75) is 45.6 Å². The fourth-order valence-electron chi connectivity index (χ4n) is 2.73. The van der Waals surface area contributed by atoms with Gasteiger partial charge in [0.25, 0.3) is 0 Å². The van der Waals surface area contributed by atoms with Crippen molar-refractivity contribution in [2.24, 2.45) is 0 Å². The Hall–Kier alpha value is -1.29. The van der Waals surface area contributed by atoms with E-state index in [1.165, 1.54) is 32.4 Å². The Morgan fingerprint density at radius 1 is 1.30 bits per heavy atom. The van der Waals surface area contributed by atoms with Gasteiger partial charge in [-0.25, -0.2) is 4.98 Å². The van der Waals surface area contributed by atoms with Gasteiger partial charge in [0, 0.05) is 37.1 Å². The third kappa shape index (κ3) is 5.00. The summed E-state index contributed by atoms with van der Waals surface area (Å²) in [6, 6.07) is 4.61. The van der Waals surface area contributed by atoms with Crippen molar-refractivity contribution in [2.75, 3.05) is 36.8 Å². The van der Waals surface area contributed by atoms with Crippen LogP contribution in [0.2, 0.25) is 0 Å². The second kappa shape index (κ2) is 8.10. The SMILES string of the molecule is CCCNc1cc(NC(C)CN2CCCCC2)ccn1. The van der Waals surface area contributed by atoms with Gasteiger partial charge in [-0.05, 0) is 45.3 Å². The van der Waals surface area contributed by atoms with Gasteiger partial charge in [-0.1, -0.05) is 13.3 Å². The van der Waals surface area contributed by atoms with Crippen molar-refractivity contribution < 1.29 is 0 Å². The van der Waals surface area contributed by atoms with E-state index in [2.05, 4.69) is 40.4 Å². The largest absolute Gasteiger partial charge is 0.381 e. The smallest absolute Gasteiger partial charge is 0.127 e. The summed E-state index contributed by atoms with van der Waals surface area (Å²) in [5.41, 5.74) is 1.16. The molecule has 2 rings (SSSR count). The number of nitrogens with one attached hydrogen (secondary N) is 2. The van der Waals surface area contributed by atoms with Gasteiger partial charge in [0.15, 0.2) is 0 Å². The molecule has 0 amide bonds. The molecule has 2 heterocycles. The van der Waals surface area contributed by atoms with Crippen LogP contribution in [-0.2, 0) is 0 Å². The normalized spacial score (nSPS) is 17.7. The van der Waals surface area contributed by atoms with Crippen LogP contribution in [0.1, 0.15) is 39.5 Å². The highest BCUT2D eigenvalue weighted by molar-refractivity contribution is 5.52. The molecule has 0 spiro atoms. The molecular formula is C16H28N4. The monoisotopic (exact) mass is 276 g/mol. The summed E-state index contributed by atoms with van der Waals surface area (Å²) in [7, 11) is 0. The van der Waals surface area contributed by atoms with Gasteiger partial charge in [-0.15, -0.1) is 0 Å². The van der Waals surface area contributed by atoms with Gasteiger partial charge in [0.05, 0.1) is 0 Å². The molecular weight excluding hydrogens is 248 g/mol. The maximum atomic E-state index is 4.34. The van der Waals surface area contributed by atoms with Crippen LogP contribution in [0.5, 0.6) is 0 Å². The third-order valence-corrected chi connectivity index (χ3v) is 3.71. The van der Waals surface area contributed by atoms with Crippen LogP contribution in [0.4, 0.5) is 11.5 Å². The number of rotatable bonds is 7. The highest BCUT2D eigenvalue weighted by atomic mass is 15.2. The van der Waals surface area contributed by atoms with Crippen molar-refractivity contribution in [3.63, 3.8) is 0 Å². The van der Waals surface area contributed by atoms with Crippen LogP contribution >= 0.6 is 0 Å². The minimum atomic E-state index is 0.467. The Bertz CT molecular complexity index is 388. The summed E-state index contributed by atoms with van der Waals surface area (Å²) in [4.78, 5) is 6.91. The van der Waals surface area contributed by atoms with Crippen LogP contribution in [-0.4, -0.2) is 42.1 Å². The van der Waals surface area contributed by atoms with Crippen LogP contribution in [0.15, 0.2) is 18.3 Å². The van der Waals surface area contributed by atoms with Gasteiger partial charge < -0.3 is 15.5 Å². The number of hydrogen-bond donors (Lipinski definition) is 2. The molecule has 2 N–H and O–H groups in total. The number of hydrogen-bond acceptors (Lipinski definition) is 4. The Morgan fingerprint density at radius 2 is 2.10 bits per heavy atom. The van der Waals surface area contributed by atoms with E-state index in [1.807, 2.05) is 12.3 Å². The first-order valence-electron chi connectivity index (χ1n) is 7.96. The Labute approximate surface area is 123 Å². The van der Waals surface area contributed by atoms with Crippen LogP contribution < -0.4 is 10.6 Å². The molecule has 1 aliphatic heterocycles. The third-order valence-electron chi connectivity index (χ3n) is 3.71. The van der Waals surface area contributed by atoms with Gasteiger partial charge >= 0.3 is 0 Å². The highest BCUT2D eigenvalue weighted by Gasteiger charge is 2.13. The second-order valence-electron chi connectivity index (χ2n) is 5.76. The van der Waals surface area contributed by atoms with Gasteiger partial charge in [0.2, 0.25) is 0 Å². The zero-order valence-electron chi connectivity index (χ0n) is 12.9. The van der Waals surface area contributed by atoms with E-state index in [9.17, 15) is 0 Å². The molecule has 1 aromatic rings. The lowest BCUT2D eigenvalue weighted by molar-refractivity contribution is 0.223. The molecule has 1 fully saturated rings. The van der Waals surface area contributed by atoms with Crippen molar-refractivity contribution >= 4 is 11.5 Å². The average molecular weight is 276 g/mol. The molecule has 4 heteroatoms. The van der Waals surface area contributed by atoms with Crippen molar-refractivity contribution in [3.05, 3.63) is 18.3 Å².